The summed E-state index contributed by atoms with van der Waals surface area (Å²) in [7, 11) is 0. The highest BCUT2D eigenvalue weighted by Crippen LogP contribution is 2.19. The first-order valence-electron chi connectivity index (χ1n) is 4.13. The SMILES string of the molecule is C/C(F)=C(/C[N+](=O)[O-])c1ccccc1. The van der Waals surface area contributed by atoms with Gasteiger partial charge in [-0.05, 0) is 12.5 Å². The van der Waals surface area contributed by atoms with E-state index in [1.165, 1.54) is 6.92 Å². The molecule has 0 N–H and O–H groups in total. The van der Waals surface area contributed by atoms with Crippen LogP contribution in [0.2, 0.25) is 0 Å². The van der Waals surface area contributed by atoms with E-state index in [-0.39, 0.29) is 5.57 Å². The monoisotopic (exact) mass is 195 g/mol. The standard InChI is InChI=1S/C10H10FNO2/c1-8(11)10(7-12(13)14)9-5-3-2-4-6-9/h2-6H,7H2,1H3/b10-8+. The van der Waals surface area contributed by atoms with Crippen LogP contribution in [0.5, 0.6) is 0 Å². The van der Waals surface area contributed by atoms with Gasteiger partial charge >= 0.3 is 0 Å². The van der Waals surface area contributed by atoms with Gasteiger partial charge in [0, 0.05) is 4.92 Å². The molecule has 74 valence electrons. The van der Waals surface area contributed by atoms with E-state index in [1.807, 2.05) is 0 Å². The molecule has 0 aromatic heterocycles. The second-order valence-corrected chi connectivity index (χ2v) is 2.87. The average molecular weight is 195 g/mol. The summed E-state index contributed by atoms with van der Waals surface area (Å²) in [5.74, 6) is -0.507. The molecule has 0 aliphatic carbocycles. The van der Waals surface area contributed by atoms with Crippen molar-refractivity contribution in [2.45, 2.75) is 6.92 Å². The molecule has 0 amide bonds. The average Bonchev–Trinajstić information content (AvgIpc) is 2.15. The fourth-order valence-electron chi connectivity index (χ4n) is 1.17. The summed E-state index contributed by atoms with van der Waals surface area (Å²) in [6.07, 6.45) is 0. The zero-order valence-corrected chi connectivity index (χ0v) is 7.74. The Bertz CT molecular complexity index is 356. The van der Waals surface area contributed by atoms with Gasteiger partial charge in [-0.25, -0.2) is 4.39 Å². The molecular formula is C10H10FNO2. The Morgan fingerprint density at radius 2 is 2.00 bits per heavy atom. The minimum atomic E-state index is -0.536. The van der Waals surface area contributed by atoms with E-state index in [0.29, 0.717) is 5.56 Å². The molecule has 0 saturated carbocycles. The van der Waals surface area contributed by atoms with Gasteiger partial charge in [-0.15, -0.1) is 0 Å². The maximum Gasteiger partial charge on any atom is 0.231 e. The van der Waals surface area contributed by atoms with Gasteiger partial charge < -0.3 is 0 Å². The molecule has 1 aromatic rings. The number of nitro groups is 1. The van der Waals surface area contributed by atoms with Crippen molar-refractivity contribution in [3.8, 4) is 0 Å². The molecule has 0 bridgehead atoms. The van der Waals surface area contributed by atoms with E-state index in [2.05, 4.69) is 0 Å². The Kier molecular flexibility index (Phi) is 3.34. The lowest BCUT2D eigenvalue weighted by Gasteiger charge is -2.02. The van der Waals surface area contributed by atoms with Crippen LogP contribution in [-0.4, -0.2) is 11.5 Å². The van der Waals surface area contributed by atoms with Gasteiger partial charge in [0.15, 0.2) is 0 Å². The summed E-state index contributed by atoms with van der Waals surface area (Å²) in [4.78, 5) is 9.76. The first-order chi connectivity index (χ1) is 6.61. The molecule has 0 atom stereocenters. The van der Waals surface area contributed by atoms with E-state index in [0.717, 1.165) is 0 Å². The Morgan fingerprint density at radius 3 is 2.43 bits per heavy atom. The minimum Gasteiger partial charge on any atom is -0.264 e. The quantitative estimate of drug-likeness (QED) is 0.549. The van der Waals surface area contributed by atoms with Crippen LogP contribution in [-0.2, 0) is 0 Å². The highest BCUT2D eigenvalue weighted by molar-refractivity contribution is 5.67. The molecule has 1 rings (SSSR count). The zero-order chi connectivity index (χ0) is 10.6. The summed E-state index contributed by atoms with van der Waals surface area (Å²) in [6.45, 7) is 0.748. The van der Waals surface area contributed by atoms with Gasteiger partial charge in [0.1, 0.15) is 5.83 Å². The van der Waals surface area contributed by atoms with Crippen LogP contribution < -0.4 is 0 Å². The van der Waals surface area contributed by atoms with Gasteiger partial charge in [-0.1, -0.05) is 30.3 Å². The van der Waals surface area contributed by atoms with Crippen LogP contribution >= 0.6 is 0 Å². The summed E-state index contributed by atoms with van der Waals surface area (Å²) in [5, 5.41) is 10.3. The van der Waals surface area contributed by atoms with Crippen molar-refractivity contribution in [2.75, 3.05) is 6.54 Å². The van der Waals surface area contributed by atoms with E-state index >= 15 is 0 Å². The largest absolute Gasteiger partial charge is 0.264 e. The van der Waals surface area contributed by atoms with E-state index in [4.69, 9.17) is 0 Å². The van der Waals surface area contributed by atoms with E-state index in [1.54, 1.807) is 30.3 Å². The molecule has 0 saturated heterocycles. The maximum absolute atomic E-state index is 13.0. The molecule has 0 heterocycles. The zero-order valence-electron chi connectivity index (χ0n) is 7.74. The predicted molar refractivity (Wildman–Crippen MR) is 52.0 cm³/mol. The van der Waals surface area contributed by atoms with Crippen LogP contribution in [0.15, 0.2) is 36.2 Å². The van der Waals surface area contributed by atoms with Crippen LogP contribution in [0.4, 0.5) is 4.39 Å². The lowest BCUT2D eigenvalue weighted by atomic mass is 10.1. The van der Waals surface area contributed by atoms with Crippen molar-refractivity contribution >= 4 is 5.57 Å². The van der Waals surface area contributed by atoms with Gasteiger partial charge in [-0.3, -0.25) is 10.1 Å². The van der Waals surface area contributed by atoms with Crippen molar-refractivity contribution in [3.63, 3.8) is 0 Å². The number of benzene rings is 1. The Hall–Kier alpha value is -1.71. The second-order valence-electron chi connectivity index (χ2n) is 2.87. The predicted octanol–water partition coefficient (Wildman–Crippen LogP) is 2.66. The molecule has 14 heavy (non-hydrogen) atoms. The Labute approximate surface area is 81.0 Å². The summed E-state index contributed by atoms with van der Waals surface area (Å²) in [6, 6.07) is 8.53. The Morgan fingerprint density at radius 1 is 1.43 bits per heavy atom. The van der Waals surface area contributed by atoms with Crippen LogP contribution in [0.25, 0.3) is 5.57 Å². The fraction of sp³-hybridized carbons (Fsp3) is 0.200. The molecule has 1 aromatic carbocycles. The first-order valence-corrected chi connectivity index (χ1v) is 4.13. The first kappa shape index (κ1) is 10.4. The molecule has 0 aliphatic heterocycles. The number of hydrogen-bond donors (Lipinski definition) is 0. The molecule has 0 aliphatic rings. The van der Waals surface area contributed by atoms with Gasteiger partial charge in [0.2, 0.25) is 6.54 Å². The van der Waals surface area contributed by atoms with E-state index < -0.39 is 17.3 Å². The maximum atomic E-state index is 13.0. The summed E-state index contributed by atoms with van der Waals surface area (Å²) < 4.78 is 13.0. The number of nitrogens with zero attached hydrogens (tertiary/aromatic N) is 1. The molecule has 0 radical (unpaired) electrons. The van der Waals surface area contributed by atoms with Crippen LogP contribution in [0, 0.1) is 10.1 Å². The second kappa shape index (κ2) is 4.50. The third-order valence-electron chi connectivity index (χ3n) is 1.83. The van der Waals surface area contributed by atoms with Crippen LogP contribution in [0.3, 0.4) is 0 Å². The smallest absolute Gasteiger partial charge is 0.231 e. The molecule has 0 unspecified atom stereocenters. The van der Waals surface area contributed by atoms with E-state index in [9.17, 15) is 14.5 Å². The lowest BCUT2D eigenvalue weighted by Crippen LogP contribution is -2.04. The van der Waals surface area contributed by atoms with Crippen molar-refractivity contribution in [2.24, 2.45) is 0 Å². The van der Waals surface area contributed by atoms with Crippen molar-refractivity contribution in [1.29, 1.82) is 0 Å². The topological polar surface area (TPSA) is 43.1 Å². The summed E-state index contributed by atoms with van der Waals surface area (Å²) >= 11 is 0. The summed E-state index contributed by atoms with van der Waals surface area (Å²) in [5.41, 5.74) is 0.694. The normalized spacial score (nSPS) is 12.1. The third kappa shape index (κ3) is 2.65. The lowest BCUT2D eigenvalue weighted by molar-refractivity contribution is -0.465. The molecule has 0 spiro atoms. The van der Waals surface area contributed by atoms with Crippen molar-refractivity contribution in [1.82, 2.24) is 0 Å². The van der Waals surface area contributed by atoms with Gasteiger partial charge in [-0.2, -0.15) is 0 Å². The molecule has 4 heteroatoms. The highest BCUT2D eigenvalue weighted by atomic mass is 19.1. The van der Waals surface area contributed by atoms with Gasteiger partial charge in [0.05, 0.1) is 5.57 Å². The number of allylic oxidation sites excluding steroid dienone is 1. The Balaban J connectivity index is 3.03. The molecule has 3 nitrogen and oxygen atoms in total. The highest BCUT2D eigenvalue weighted by Gasteiger charge is 2.11. The fourth-order valence-corrected chi connectivity index (χ4v) is 1.17. The number of rotatable bonds is 3. The number of hydrogen-bond acceptors (Lipinski definition) is 2. The van der Waals surface area contributed by atoms with Crippen LogP contribution in [0.1, 0.15) is 12.5 Å². The third-order valence-corrected chi connectivity index (χ3v) is 1.83. The molecular weight excluding hydrogens is 185 g/mol. The van der Waals surface area contributed by atoms with Crippen molar-refractivity contribution < 1.29 is 9.31 Å². The molecule has 0 fully saturated rings. The number of halogens is 1. The van der Waals surface area contributed by atoms with Gasteiger partial charge in [0.25, 0.3) is 0 Å². The van der Waals surface area contributed by atoms with Crippen molar-refractivity contribution in [3.05, 3.63) is 51.8 Å². The minimum absolute atomic E-state index is 0.135.